The molecule has 1 aliphatic rings. The van der Waals surface area contributed by atoms with Gasteiger partial charge in [0.1, 0.15) is 5.52 Å². The number of nitrogens with zero attached hydrogens (tertiary/aromatic N) is 4. The molecule has 0 saturated carbocycles. The summed E-state index contributed by atoms with van der Waals surface area (Å²) in [5, 5.41) is 3.00. The Bertz CT molecular complexity index is 1020. The number of carbonyl (C=O) groups excluding carboxylic acids is 1. The van der Waals surface area contributed by atoms with Gasteiger partial charge in [-0.15, -0.1) is 0 Å². The van der Waals surface area contributed by atoms with Crippen LogP contribution in [0.4, 0.5) is 5.69 Å². The lowest BCUT2D eigenvalue weighted by Gasteiger charge is -2.34. The molecular formula is C24H31N5O2. The molecule has 1 amide bonds. The molecule has 31 heavy (non-hydrogen) atoms. The number of piperazine rings is 1. The lowest BCUT2D eigenvalue weighted by atomic mass is 10.2. The summed E-state index contributed by atoms with van der Waals surface area (Å²) in [7, 11) is 4.20. The van der Waals surface area contributed by atoms with Crippen LogP contribution in [0.2, 0.25) is 0 Å². The summed E-state index contributed by atoms with van der Waals surface area (Å²) < 4.78 is 5.86. The first kappa shape index (κ1) is 21.5. The van der Waals surface area contributed by atoms with E-state index >= 15 is 0 Å². The minimum atomic E-state index is 0.0202. The smallest absolute Gasteiger partial charge is 0.238 e. The Morgan fingerprint density at radius 3 is 2.48 bits per heavy atom. The molecule has 0 unspecified atom stereocenters. The number of benzene rings is 2. The van der Waals surface area contributed by atoms with Gasteiger partial charge in [0.15, 0.2) is 5.58 Å². The van der Waals surface area contributed by atoms with Crippen molar-refractivity contribution in [2.45, 2.75) is 6.92 Å². The lowest BCUT2D eigenvalue weighted by Crippen LogP contribution is -2.49. The van der Waals surface area contributed by atoms with E-state index in [1.54, 1.807) is 0 Å². The van der Waals surface area contributed by atoms with Gasteiger partial charge in [0, 0.05) is 50.5 Å². The van der Waals surface area contributed by atoms with Crippen LogP contribution < -0.4 is 5.32 Å². The van der Waals surface area contributed by atoms with Crippen LogP contribution in [0.1, 0.15) is 5.56 Å². The molecule has 1 saturated heterocycles. The highest BCUT2D eigenvalue weighted by atomic mass is 16.3. The number of hydrogen-bond donors (Lipinski definition) is 1. The fourth-order valence-corrected chi connectivity index (χ4v) is 3.77. The van der Waals surface area contributed by atoms with E-state index in [4.69, 9.17) is 4.42 Å². The van der Waals surface area contributed by atoms with Crippen molar-refractivity contribution in [1.82, 2.24) is 19.7 Å². The molecule has 2 heterocycles. The zero-order chi connectivity index (χ0) is 21.8. The standard InChI is InChI=1S/C24H31N5O2/c1-18-4-9-22-21(16-18)26-24(31-22)19-5-7-20(8-6-19)25-23(30)17-29-14-12-28(13-15-29)11-10-27(2)3/h4-9,16H,10-15,17H2,1-3H3,(H,25,30). The van der Waals surface area contributed by atoms with Crippen LogP contribution in [0.3, 0.4) is 0 Å². The van der Waals surface area contributed by atoms with Crippen molar-refractivity contribution in [3.63, 3.8) is 0 Å². The Kier molecular flexibility index (Phi) is 6.65. The number of rotatable bonds is 7. The number of nitrogens with one attached hydrogen (secondary N) is 1. The maximum atomic E-state index is 12.5. The third-order valence-electron chi connectivity index (χ3n) is 5.65. The molecule has 1 aromatic heterocycles. The predicted molar refractivity (Wildman–Crippen MR) is 124 cm³/mol. The lowest BCUT2D eigenvalue weighted by molar-refractivity contribution is -0.117. The number of carbonyl (C=O) groups is 1. The van der Waals surface area contributed by atoms with Gasteiger partial charge in [-0.25, -0.2) is 4.98 Å². The van der Waals surface area contributed by atoms with E-state index in [2.05, 4.69) is 39.1 Å². The first-order valence-electron chi connectivity index (χ1n) is 10.8. The minimum Gasteiger partial charge on any atom is -0.436 e. The number of amides is 1. The van der Waals surface area contributed by atoms with Gasteiger partial charge in [-0.3, -0.25) is 14.6 Å². The van der Waals surface area contributed by atoms with Crippen LogP contribution in [0, 0.1) is 6.92 Å². The van der Waals surface area contributed by atoms with Gasteiger partial charge in [-0.2, -0.15) is 0 Å². The van der Waals surface area contributed by atoms with Crippen molar-refractivity contribution in [3.8, 4) is 11.5 Å². The summed E-state index contributed by atoms with van der Waals surface area (Å²) in [5.74, 6) is 0.609. The maximum Gasteiger partial charge on any atom is 0.238 e. The van der Waals surface area contributed by atoms with Crippen molar-refractivity contribution in [2.24, 2.45) is 0 Å². The molecule has 3 aromatic rings. The molecule has 0 bridgehead atoms. The Labute approximate surface area is 183 Å². The molecule has 1 fully saturated rings. The molecule has 0 radical (unpaired) electrons. The van der Waals surface area contributed by atoms with E-state index in [0.29, 0.717) is 12.4 Å². The van der Waals surface area contributed by atoms with E-state index in [1.165, 1.54) is 0 Å². The van der Waals surface area contributed by atoms with Crippen LogP contribution in [0.5, 0.6) is 0 Å². The first-order valence-corrected chi connectivity index (χ1v) is 10.8. The topological polar surface area (TPSA) is 64.9 Å². The molecule has 7 nitrogen and oxygen atoms in total. The average molecular weight is 422 g/mol. The second-order valence-electron chi connectivity index (χ2n) is 8.54. The fourth-order valence-electron chi connectivity index (χ4n) is 3.77. The van der Waals surface area contributed by atoms with Crippen LogP contribution in [0.15, 0.2) is 46.9 Å². The number of oxazole rings is 1. The first-order chi connectivity index (χ1) is 15.0. The summed E-state index contributed by atoms with van der Waals surface area (Å²) in [5.41, 5.74) is 4.46. The van der Waals surface area contributed by atoms with Crippen LogP contribution in [-0.4, -0.2) is 85.5 Å². The second kappa shape index (κ2) is 9.60. The van der Waals surface area contributed by atoms with Crippen molar-refractivity contribution in [1.29, 1.82) is 0 Å². The Balaban J connectivity index is 1.28. The van der Waals surface area contributed by atoms with Gasteiger partial charge in [-0.1, -0.05) is 6.07 Å². The largest absolute Gasteiger partial charge is 0.436 e. The highest BCUT2D eigenvalue weighted by molar-refractivity contribution is 5.92. The molecule has 1 aliphatic heterocycles. The molecule has 7 heteroatoms. The number of aromatic nitrogens is 1. The number of fused-ring (bicyclic) bond motifs is 1. The number of likely N-dealkylation sites (N-methyl/N-ethyl adjacent to an activating group) is 1. The van der Waals surface area contributed by atoms with Gasteiger partial charge < -0.3 is 14.6 Å². The Morgan fingerprint density at radius 2 is 1.77 bits per heavy atom. The molecule has 0 spiro atoms. The minimum absolute atomic E-state index is 0.0202. The normalized spacial score (nSPS) is 15.6. The zero-order valence-electron chi connectivity index (χ0n) is 18.6. The van der Waals surface area contributed by atoms with Crippen LogP contribution >= 0.6 is 0 Å². The van der Waals surface area contributed by atoms with Crippen LogP contribution in [-0.2, 0) is 4.79 Å². The van der Waals surface area contributed by atoms with Gasteiger partial charge in [-0.05, 0) is 63.0 Å². The molecule has 0 atom stereocenters. The highest BCUT2D eigenvalue weighted by Crippen LogP contribution is 2.26. The van der Waals surface area contributed by atoms with Crippen LogP contribution in [0.25, 0.3) is 22.6 Å². The molecule has 2 aromatic carbocycles. The second-order valence-corrected chi connectivity index (χ2v) is 8.54. The van der Waals surface area contributed by atoms with E-state index in [1.807, 2.05) is 49.4 Å². The Morgan fingerprint density at radius 1 is 1.06 bits per heavy atom. The quantitative estimate of drug-likeness (QED) is 0.633. The van der Waals surface area contributed by atoms with Gasteiger partial charge in [0.25, 0.3) is 0 Å². The average Bonchev–Trinajstić information content (AvgIpc) is 3.17. The third-order valence-corrected chi connectivity index (χ3v) is 5.65. The van der Waals surface area contributed by atoms with E-state index in [9.17, 15) is 4.79 Å². The predicted octanol–water partition coefficient (Wildman–Crippen LogP) is 2.92. The summed E-state index contributed by atoms with van der Waals surface area (Å²) in [4.78, 5) is 23.9. The van der Waals surface area contributed by atoms with Crippen molar-refractivity contribution in [3.05, 3.63) is 48.0 Å². The van der Waals surface area contributed by atoms with E-state index in [-0.39, 0.29) is 5.91 Å². The highest BCUT2D eigenvalue weighted by Gasteiger charge is 2.19. The van der Waals surface area contributed by atoms with Crippen molar-refractivity contribution < 1.29 is 9.21 Å². The number of anilines is 1. The third kappa shape index (κ3) is 5.70. The van der Waals surface area contributed by atoms with Crippen molar-refractivity contribution in [2.75, 3.05) is 65.2 Å². The molecule has 0 aliphatic carbocycles. The fraction of sp³-hybridized carbons (Fsp3) is 0.417. The molecule has 1 N–H and O–H groups in total. The summed E-state index contributed by atoms with van der Waals surface area (Å²) >= 11 is 0. The SMILES string of the molecule is Cc1ccc2oc(-c3ccc(NC(=O)CN4CCN(CCN(C)C)CC4)cc3)nc2c1. The van der Waals surface area contributed by atoms with Gasteiger partial charge in [0.2, 0.25) is 11.8 Å². The summed E-state index contributed by atoms with van der Waals surface area (Å²) in [6, 6.07) is 13.6. The van der Waals surface area contributed by atoms with Gasteiger partial charge in [0.05, 0.1) is 6.54 Å². The number of aryl methyl sites for hydroxylation is 1. The van der Waals surface area contributed by atoms with Gasteiger partial charge >= 0.3 is 0 Å². The Hall–Kier alpha value is -2.74. The van der Waals surface area contributed by atoms with E-state index in [0.717, 1.165) is 67.2 Å². The molecule has 4 rings (SSSR count). The zero-order valence-corrected chi connectivity index (χ0v) is 18.6. The summed E-state index contributed by atoms with van der Waals surface area (Å²) in [6.07, 6.45) is 0. The van der Waals surface area contributed by atoms with Crippen molar-refractivity contribution >= 4 is 22.7 Å². The maximum absolute atomic E-state index is 12.5. The number of hydrogen-bond acceptors (Lipinski definition) is 6. The molecular weight excluding hydrogens is 390 g/mol. The van der Waals surface area contributed by atoms with E-state index < -0.39 is 0 Å². The molecule has 164 valence electrons. The summed E-state index contributed by atoms with van der Waals surface area (Å²) in [6.45, 7) is 8.50. The monoisotopic (exact) mass is 421 g/mol.